The molecule has 1 aromatic rings. The van der Waals surface area contributed by atoms with Crippen LogP contribution in [0.5, 0.6) is 0 Å². The minimum Gasteiger partial charge on any atom is -0.481 e. The Hall–Kier alpha value is -1.59. The molecule has 0 saturated carbocycles. The second kappa shape index (κ2) is 8.50. The maximum Gasteiger partial charge on any atom is 0.307 e. The average molecular weight is 267 g/mol. The van der Waals surface area contributed by atoms with Gasteiger partial charge in [-0.3, -0.25) is 4.79 Å². The summed E-state index contributed by atoms with van der Waals surface area (Å²) in [6.45, 7) is 1.70. The van der Waals surface area contributed by atoms with Crippen LogP contribution >= 0.6 is 0 Å². The zero-order chi connectivity index (χ0) is 14.1. The van der Waals surface area contributed by atoms with Gasteiger partial charge in [0.25, 0.3) is 0 Å². The van der Waals surface area contributed by atoms with Crippen molar-refractivity contribution in [3.63, 3.8) is 0 Å². The molecule has 5 nitrogen and oxygen atoms in total. The summed E-state index contributed by atoms with van der Waals surface area (Å²) >= 11 is 0. The lowest BCUT2D eigenvalue weighted by Gasteiger charge is -2.24. The van der Waals surface area contributed by atoms with Gasteiger partial charge in [-0.25, -0.2) is 0 Å². The first-order chi connectivity index (χ1) is 9.17. The summed E-state index contributed by atoms with van der Waals surface area (Å²) in [5, 5.41) is 26.5. The standard InChI is InChI=1S/C14H21NO4/c16-9-1-7-15(8-2-10-17)13-5-3-12(4-6-13)11-14(18)19/h3-6,16-17H,1-2,7-11H2,(H,18,19). The Kier molecular flexibility index (Phi) is 6.92. The Labute approximate surface area is 113 Å². The van der Waals surface area contributed by atoms with Crippen LogP contribution in [0, 0.1) is 0 Å². The molecule has 0 aliphatic heterocycles. The van der Waals surface area contributed by atoms with E-state index in [2.05, 4.69) is 4.90 Å². The van der Waals surface area contributed by atoms with Crippen molar-refractivity contribution in [1.29, 1.82) is 0 Å². The van der Waals surface area contributed by atoms with Crippen LogP contribution in [0.2, 0.25) is 0 Å². The molecule has 0 bridgehead atoms. The van der Waals surface area contributed by atoms with Gasteiger partial charge in [0.15, 0.2) is 0 Å². The SMILES string of the molecule is O=C(O)Cc1ccc(N(CCCO)CCCO)cc1. The van der Waals surface area contributed by atoms with Crippen LogP contribution in [0.3, 0.4) is 0 Å². The number of carbonyl (C=O) groups is 1. The molecule has 0 aromatic heterocycles. The van der Waals surface area contributed by atoms with Crippen LogP contribution in [-0.4, -0.2) is 47.6 Å². The normalized spacial score (nSPS) is 10.4. The summed E-state index contributed by atoms with van der Waals surface area (Å²) in [5.41, 5.74) is 1.75. The van der Waals surface area contributed by atoms with E-state index in [0.717, 1.165) is 24.3 Å². The van der Waals surface area contributed by atoms with Crippen LogP contribution in [0.25, 0.3) is 0 Å². The Morgan fingerprint density at radius 2 is 1.53 bits per heavy atom. The first kappa shape index (κ1) is 15.5. The maximum atomic E-state index is 10.6. The fourth-order valence-electron chi connectivity index (χ4n) is 1.89. The van der Waals surface area contributed by atoms with Crippen LogP contribution in [0.4, 0.5) is 5.69 Å². The Morgan fingerprint density at radius 1 is 1.00 bits per heavy atom. The molecule has 19 heavy (non-hydrogen) atoms. The molecule has 106 valence electrons. The number of aliphatic hydroxyl groups excluding tert-OH is 2. The van der Waals surface area contributed by atoms with Crippen molar-refractivity contribution in [2.45, 2.75) is 19.3 Å². The average Bonchev–Trinajstić information content (AvgIpc) is 2.39. The van der Waals surface area contributed by atoms with Crippen LogP contribution in [-0.2, 0) is 11.2 Å². The molecular weight excluding hydrogens is 246 g/mol. The molecule has 1 rings (SSSR count). The van der Waals surface area contributed by atoms with Gasteiger partial charge in [-0.05, 0) is 30.5 Å². The van der Waals surface area contributed by atoms with E-state index in [0.29, 0.717) is 12.8 Å². The van der Waals surface area contributed by atoms with E-state index >= 15 is 0 Å². The van der Waals surface area contributed by atoms with E-state index in [1.165, 1.54) is 0 Å². The lowest BCUT2D eigenvalue weighted by molar-refractivity contribution is -0.136. The zero-order valence-electron chi connectivity index (χ0n) is 11.0. The number of rotatable bonds is 9. The monoisotopic (exact) mass is 267 g/mol. The van der Waals surface area contributed by atoms with Gasteiger partial charge >= 0.3 is 5.97 Å². The van der Waals surface area contributed by atoms with Gasteiger partial charge in [-0.2, -0.15) is 0 Å². The van der Waals surface area contributed by atoms with Crippen molar-refractivity contribution in [1.82, 2.24) is 0 Å². The number of benzene rings is 1. The third kappa shape index (κ3) is 5.72. The van der Waals surface area contributed by atoms with Crippen molar-refractivity contribution in [3.8, 4) is 0 Å². The van der Waals surface area contributed by atoms with Gasteiger partial charge in [0, 0.05) is 32.0 Å². The highest BCUT2D eigenvalue weighted by Gasteiger charge is 2.07. The number of aliphatic carboxylic acids is 1. The maximum absolute atomic E-state index is 10.6. The minimum atomic E-state index is -0.842. The Balaban J connectivity index is 2.68. The van der Waals surface area contributed by atoms with E-state index in [1.54, 1.807) is 12.1 Å². The molecule has 0 heterocycles. The fraction of sp³-hybridized carbons (Fsp3) is 0.500. The highest BCUT2D eigenvalue weighted by Crippen LogP contribution is 2.16. The van der Waals surface area contributed by atoms with Crippen LogP contribution in [0.15, 0.2) is 24.3 Å². The van der Waals surface area contributed by atoms with Crippen molar-refractivity contribution in [2.75, 3.05) is 31.2 Å². The molecule has 1 aromatic carbocycles. The number of carboxylic acid groups (broad SMARTS) is 1. The van der Waals surface area contributed by atoms with Crippen molar-refractivity contribution in [2.24, 2.45) is 0 Å². The van der Waals surface area contributed by atoms with Gasteiger partial charge in [-0.1, -0.05) is 12.1 Å². The van der Waals surface area contributed by atoms with Crippen molar-refractivity contribution >= 4 is 11.7 Å². The van der Waals surface area contributed by atoms with Gasteiger partial charge < -0.3 is 20.2 Å². The highest BCUT2D eigenvalue weighted by molar-refractivity contribution is 5.70. The summed E-state index contributed by atoms with van der Waals surface area (Å²) in [7, 11) is 0. The van der Waals surface area contributed by atoms with Crippen molar-refractivity contribution < 1.29 is 20.1 Å². The Morgan fingerprint density at radius 3 is 1.95 bits per heavy atom. The zero-order valence-corrected chi connectivity index (χ0v) is 11.0. The second-order valence-corrected chi connectivity index (χ2v) is 4.38. The lowest BCUT2D eigenvalue weighted by Crippen LogP contribution is -2.26. The van der Waals surface area contributed by atoms with Crippen LogP contribution < -0.4 is 4.90 Å². The number of hydrogen-bond acceptors (Lipinski definition) is 4. The third-order valence-corrected chi connectivity index (χ3v) is 2.83. The van der Waals surface area contributed by atoms with Gasteiger partial charge in [-0.15, -0.1) is 0 Å². The summed E-state index contributed by atoms with van der Waals surface area (Å²) in [4.78, 5) is 12.7. The van der Waals surface area contributed by atoms with E-state index < -0.39 is 5.97 Å². The summed E-state index contributed by atoms with van der Waals surface area (Å²) in [6, 6.07) is 7.36. The number of carboxylic acids is 1. The predicted molar refractivity (Wildman–Crippen MR) is 73.4 cm³/mol. The molecule has 0 aliphatic carbocycles. The summed E-state index contributed by atoms with van der Waals surface area (Å²) < 4.78 is 0. The summed E-state index contributed by atoms with van der Waals surface area (Å²) in [5.74, 6) is -0.842. The topological polar surface area (TPSA) is 81.0 Å². The van der Waals surface area contributed by atoms with Gasteiger partial charge in [0.05, 0.1) is 6.42 Å². The first-order valence-corrected chi connectivity index (χ1v) is 6.44. The molecule has 0 unspecified atom stereocenters. The molecule has 0 amide bonds. The second-order valence-electron chi connectivity index (χ2n) is 4.38. The quantitative estimate of drug-likeness (QED) is 0.619. The third-order valence-electron chi connectivity index (χ3n) is 2.83. The predicted octanol–water partition coefficient (Wildman–Crippen LogP) is 0.885. The lowest BCUT2D eigenvalue weighted by atomic mass is 10.1. The number of hydrogen-bond donors (Lipinski definition) is 3. The first-order valence-electron chi connectivity index (χ1n) is 6.44. The van der Waals surface area contributed by atoms with Crippen molar-refractivity contribution in [3.05, 3.63) is 29.8 Å². The molecule has 0 radical (unpaired) electrons. The van der Waals surface area contributed by atoms with Crippen LogP contribution in [0.1, 0.15) is 18.4 Å². The highest BCUT2D eigenvalue weighted by atomic mass is 16.4. The smallest absolute Gasteiger partial charge is 0.307 e. The number of anilines is 1. The molecule has 5 heteroatoms. The molecular formula is C14H21NO4. The van der Waals surface area contributed by atoms with E-state index in [9.17, 15) is 4.79 Å². The van der Waals surface area contributed by atoms with E-state index in [1.807, 2.05) is 12.1 Å². The molecule has 0 atom stereocenters. The van der Waals surface area contributed by atoms with E-state index in [-0.39, 0.29) is 19.6 Å². The molecule has 0 aliphatic rings. The minimum absolute atomic E-state index is 0.0214. The molecule has 0 saturated heterocycles. The molecule has 3 N–H and O–H groups in total. The summed E-state index contributed by atoms with van der Waals surface area (Å²) in [6.07, 6.45) is 1.36. The Bertz CT molecular complexity index is 370. The van der Waals surface area contributed by atoms with E-state index in [4.69, 9.17) is 15.3 Å². The molecule has 0 fully saturated rings. The number of aliphatic hydroxyl groups is 2. The fourth-order valence-corrected chi connectivity index (χ4v) is 1.89. The largest absolute Gasteiger partial charge is 0.481 e. The number of nitrogens with zero attached hydrogens (tertiary/aromatic N) is 1. The van der Waals surface area contributed by atoms with Gasteiger partial charge in [0.1, 0.15) is 0 Å². The van der Waals surface area contributed by atoms with Gasteiger partial charge in [0.2, 0.25) is 0 Å². The molecule has 0 spiro atoms.